The molecule has 35 heavy (non-hydrogen) atoms. The van der Waals surface area contributed by atoms with Gasteiger partial charge in [0.25, 0.3) is 5.91 Å². The lowest BCUT2D eigenvalue weighted by molar-refractivity contribution is 0.102. The summed E-state index contributed by atoms with van der Waals surface area (Å²) in [7, 11) is 0. The molecule has 0 saturated carbocycles. The molecule has 2 heterocycles. The van der Waals surface area contributed by atoms with E-state index in [9.17, 15) is 4.79 Å². The molecule has 8 nitrogen and oxygen atoms in total. The number of amides is 1. The molecule has 0 unspecified atom stereocenters. The smallest absolute Gasteiger partial charge is 0.255 e. The third-order valence-corrected chi connectivity index (χ3v) is 5.58. The molecule has 4 N–H and O–H groups in total. The molecule has 5 rings (SSSR count). The Hall–Kier alpha value is -5.29. The van der Waals surface area contributed by atoms with Crippen LogP contribution in [0.1, 0.15) is 27.0 Å². The Kier molecular flexibility index (Phi) is 5.49. The lowest BCUT2D eigenvalue weighted by Gasteiger charge is -2.25. The highest BCUT2D eigenvalue weighted by Gasteiger charge is 2.28. The summed E-state index contributed by atoms with van der Waals surface area (Å²) >= 11 is 0. The molecule has 8 heteroatoms. The van der Waals surface area contributed by atoms with Gasteiger partial charge < -0.3 is 10.6 Å². The van der Waals surface area contributed by atoms with Crippen molar-refractivity contribution < 1.29 is 4.79 Å². The first-order valence-electron chi connectivity index (χ1n) is 10.8. The zero-order valence-electron chi connectivity index (χ0n) is 18.4. The highest BCUT2D eigenvalue weighted by atomic mass is 16.1. The summed E-state index contributed by atoms with van der Waals surface area (Å²) in [5.74, 6) is 0.472. The van der Waals surface area contributed by atoms with Crippen LogP contribution >= 0.6 is 0 Å². The van der Waals surface area contributed by atoms with Gasteiger partial charge in [-0.2, -0.15) is 5.26 Å². The normalized spacial score (nSPS) is 11.9. The topological polar surface area (TPSA) is 129 Å². The number of pyridine rings is 1. The molecule has 0 bridgehead atoms. The number of aromatic nitrogens is 1. The number of nitriles is 1. The molecule has 1 amide bonds. The van der Waals surface area contributed by atoms with Gasteiger partial charge in [-0.25, -0.2) is 4.98 Å². The van der Waals surface area contributed by atoms with Crippen LogP contribution in [-0.4, -0.2) is 22.6 Å². The zero-order chi connectivity index (χ0) is 24.4. The molecule has 0 fully saturated rings. The maximum Gasteiger partial charge on any atom is 0.255 e. The van der Waals surface area contributed by atoms with Crippen LogP contribution in [0.2, 0.25) is 0 Å². The maximum atomic E-state index is 12.6. The fraction of sp³-hybridized carbons (Fsp3) is 0. The van der Waals surface area contributed by atoms with Crippen LogP contribution in [0.15, 0.2) is 91.1 Å². The number of hydrogen-bond donors (Lipinski definition) is 4. The molecule has 1 aliphatic heterocycles. The maximum absolute atomic E-state index is 12.6. The summed E-state index contributed by atoms with van der Waals surface area (Å²) in [5, 5.41) is 32.9. The average molecular weight is 457 g/mol. The van der Waals surface area contributed by atoms with Crippen LogP contribution in [0.3, 0.4) is 0 Å². The van der Waals surface area contributed by atoms with Crippen molar-refractivity contribution in [2.75, 3.05) is 15.5 Å². The summed E-state index contributed by atoms with van der Waals surface area (Å²) in [4.78, 5) is 18.5. The van der Waals surface area contributed by atoms with E-state index in [1.54, 1.807) is 59.6 Å². The van der Waals surface area contributed by atoms with Gasteiger partial charge in [-0.05, 0) is 66.7 Å². The van der Waals surface area contributed by atoms with E-state index in [0.717, 1.165) is 5.69 Å². The molecule has 1 aromatic heterocycles. The molecule has 3 aromatic carbocycles. The summed E-state index contributed by atoms with van der Waals surface area (Å²) in [6.07, 6.45) is 1.66. The standard InChI is InChI=1S/C27H19N7O/c28-16-17-5-3-6-19(15-17)27(35)32-20-12-10-18(11-13-20)24(29)34-23-9-4-14-31-26(23)33-22-8-2-1-7-21(22)25(34)30/h1-15,29-30H,(H,31,33)(H,32,35). The molecule has 4 aromatic rings. The lowest BCUT2D eigenvalue weighted by Crippen LogP contribution is -2.36. The number of nitrogens with zero attached hydrogens (tertiary/aromatic N) is 3. The molecule has 0 saturated heterocycles. The second-order valence-corrected chi connectivity index (χ2v) is 7.80. The van der Waals surface area contributed by atoms with Gasteiger partial charge in [0, 0.05) is 28.6 Å². The van der Waals surface area contributed by atoms with E-state index in [1.807, 2.05) is 36.4 Å². The highest BCUT2D eigenvalue weighted by molar-refractivity contribution is 6.30. The first kappa shape index (κ1) is 21.6. The van der Waals surface area contributed by atoms with Gasteiger partial charge in [0.2, 0.25) is 0 Å². The molecule has 0 atom stereocenters. The first-order valence-corrected chi connectivity index (χ1v) is 10.8. The molecule has 0 radical (unpaired) electrons. The van der Waals surface area contributed by atoms with Crippen LogP contribution in [0.5, 0.6) is 0 Å². The minimum absolute atomic E-state index is 0.0994. The van der Waals surface area contributed by atoms with Crippen molar-refractivity contribution >= 4 is 40.5 Å². The van der Waals surface area contributed by atoms with Crippen LogP contribution in [-0.2, 0) is 0 Å². The van der Waals surface area contributed by atoms with E-state index < -0.39 is 0 Å². The quantitative estimate of drug-likeness (QED) is 0.251. The van der Waals surface area contributed by atoms with Gasteiger partial charge in [-0.3, -0.25) is 20.5 Å². The number of carbonyl (C=O) groups excluding carboxylic acids is 1. The van der Waals surface area contributed by atoms with Crippen LogP contribution in [0.25, 0.3) is 0 Å². The van der Waals surface area contributed by atoms with Gasteiger partial charge in [-0.15, -0.1) is 0 Å². The van der Waals surface area contributed by atoms with Crippen LogP contribution in [0.4, 0.5) is 22.9 Å². The third-order valence-electron chi connectivity index (χ3n) is 5.58. The number of carbonyl (C=O) groups is 1. The summed E-state index contributed by atoms with van der Waals surface area (Å²) in [6.45, 7) is 0. The largest absolute Gasteiger partial charge is 0.338 e. The van der Waals surface area contributed by atoms with Gasteiger partial charge in [0.05, 0.1) is 23.0 Å². The van der Waals surface area contributed by atoms with Gasteiger partial charge >= 0.3 is 0 Å². The number of benzene rings is 3. The number of fused-ring (bicyclic) bond motifs is 2. The van der Waals surface area contributed by atoms with E-state index in [2.05, 4.69) is 15.6 Å². The third kappa shape index (κ3) is 4.10. The zero-order valence-corrected chi connectivity index (χ0v) is 18.4. The fourth-order valence-corrected chi connectivity index (χ4v) is 3.85. The Morgan fingerprint density at radius 2 is 1.77 bits per heavy atom. The minimum Gasteiger partial charge on any atom is -0.338 e. The van der Waals surface area contributed by atoms with Crippen molar-refractivity contribution in [3.05, 3.63) is 113 Å². The Labute approximate surface area is 201 Å². The van der Waals surface area contributed by atoms with E-state index in [4.69, 9.17) is 16.1 Å². The molecule has 1 aliphatic rings. The Balaban J connectivity index is 1.43. The van der Waals surface area contributed by atoms with Crippen molar-refractivity contribution in [2.45, 2.75) is 0 Å². The Morgan fingerprint density at radius 3 is 2.57 bits per heavy atom. The van der Waals surface area contributed by atoms with E-state index in [0.29, 0.717) is 39.4 Å². The van der Waals surface area contributed by atoms with Crippen molar-refractivity contribution in [2.24, 2.45) is 0 Å². The van der Waals surface area contributed by atoms with Crippen molar-refractivity contribution in [1.29, 1.82) is 16.1 Å². The number of rotatable bonds is 3. The molecule has 168 valence electrons. The van der Waals surface area contributed by atoms with Gasteiger partial charge in [-0.1, -0.05) is 18.2 Å². The summed E-state index contributed by atoms with van der Waals surface area (Å²) in [6, 6.07) is 26.4. The second kappa shape index (κ2) is 8.92. The first-order chi connectivity index (χ1) is 17.0. The highest BCUT2D eigenvalue weighted by Crippen LogP contribution is 2.34. The van der Waals surface area contributed by atoms with E-state index in [1.165, 1.54) is 6.07 Å². The Bertz CT molecular complexity index is 1520. The van der Waals surface area contributed by atoms with Crippen LogP contribution < -0.4 is 15.5 Å². The SMILES string of the molecule is N#Cc1cccc(C(=O)Nc2ccc(C(=N)N3C(=N)c4ccccc4Nc4ncccc43)cc2)c1. The second-order valence-electron chi connectivity index (χ2n) is 7.80. The van der Waals surface area contributed by atoms with Crippen molar-refractivity contribution in [3.63, 3.8) is 0 Å². The van der Waals surface area contributed by atoms with Crippen LogP contribution in [0, 0.1) is 22.1 Å². The molecular weight excluding hydrogens is 438 g/mol. The summed E-state index contributed by atoms with van der Waals surface area (Å²) in [5.41, 5.74) is 3.89. The van der Waals surface area contributed by atoms with Gasteiger partial charge in [0.15, 0.2) is 5.82 Å². The number of anilines is 4. The number of amidine groups is 2. The minimum atomic E-state index is -0.332. The summed E-state index contributed by atoms with van der Waals surface area (Å²) < 4.78 is 0. The molecule has 0 aliphatic carbocycles. The average Bonchev–Trinajstić information content (AvgIpc) is 3.02. The molecule has 0 spiro atoms. The van der Waals surface area contributed by atoms with Crippen molar-refractivity contribution in [3.8, 4) is 6.07 Å². The van der Waals surface area contributed by atoms with Crippen molar-refractivity contribution in [1.82, 2.24) is 4.98 Å². The monoisotopic (exact) mass is 457 g/mol. The molecular formula is C27H19N7O. The number of hydrogen-bond acceptors (Lipinski definition) is 6. The van der Waals surface area contributed by atoms with Gasteiger partial charge in [0.1, 0.15) is 11.7 Å². The predicted molar refractivity (Wildman–Crippen MR) is 136 cm³/mol. The fourth-order valence-electron chi connectivity index (χ4n) is 3.85. The van der Waals surface area contributed by atoms with E-state index >= 15 is 0 Å². The lowest BCUT2D eigenvalue weighted by atomic mass is 10.1. The predicted octanol–water partition coefficient (Wildman–Crippen LogP) is 5.12. The number of nitrogens with one attached hydrogen (secondary N) is 4. The number of para-hydroxylation sites is 1. The van der Waals surface area contributed by atoms with E-state index in [-0.39, 0.29) is 17.6 Å². The Morgan fingerprint density at radius 1 is 0.971 bits per heavy atom.